The molecule has 0 aromatic heterocycles. The van der Waals surface area contributed by atoms with Gasteiger partial charge in [0.05, 0.1) is 0 Å². The first kappa shape index (κ1) is 19.2. The number of benzene rings is 1. The lowest BCUT2D eigenvalue weighted by Gasteiger charge is -2.28. The third-order valence-corrected chi connectivity index (χ3v) is 5.33. The van der Waals surface area contributed by atoms with Crippen LogP contribution in [-0.4, -0.2) is 10.7 Å². The molecule has 1 saturated carbocycles. The summed E-state index contributed by atoms with van der Waals surface area (Å²) in [4.78, 5) is 0. The highest BCUT2D eigenvalue weighted by molar-refractivity contribution is 7.80. The standard InChI is InChI=1S/C21H34N2S/c1-6-17-13-16(12-15(3)4)14-18(7-2)19(17)22-20(24)23-21(5)10-8-9-11-21/h13-15H,6-12H2,1-5H3,(H2,22,23,24). The lowest BCUT2D eigenvalue weighted by atomic mass is 9.94. The SMILES string of the molecule is CCc1cc(CC(C)C)cc(CC)c1NC(=S)NC1(C)CCCC1. The lowest BCUT2D eigenvalue weighted by Crippen LogP contribution is -2.45. The van der Waals surface area contributed by atoms with Gasteiger partial charge in [-0.3, -0.25) is 0 Å². The van der Waals surface area contributed by atoms with Crippen LogP contribution in [0.15, 0.2) is 12.1 Å². The Balaban J connectivity index is 2.19. The van der Waals surface area contributed by atoms with Crippen molar-refractivity contribution < 1.29 is 0 Å². The number of thiocarbonyl (C=S) groups is 1. The first-order valence-electron chi connectivity index (χ1n) is 9.60. The van der Waals surface area contributed by atoms with Crippen LogP contribution in [-0.2, 0) is 19.3 Å². The van der Waals surface area contributed by atoms with Gasteiger partial charge in [-0.2, -0.15) is 0 Å². The summed E-state index contributed by atoms with van der Waals surface area (Å²) in [6.07, 6.45) is 8.23. The minimum Gasteiger partial charge on any atom is -0.357 e. The lowest BCUT2D eigenvalue weighted by molar-refractivity contribution is 0.434. The summed E-state index contributed by atoms with van der Waals surface area (Å²) in [5, 5.41) is 7.89. The molecule has 1 fully saturated rings. The van der Waals surface area contributed by atoms with Crippen LogP contribution in [0.2, 0.25) is 0 Å². The molecule has 0 radical (unpaired) electrons. The van der Waals surface area contributed by atoms with E-state index in [0.717, 1.165) is 24.4 Å². The average Bonchev–Trinajstić information content (AvgIpc) is 2.93. The number of nitrogens with one attached hydrogen (secondary N) is 2. The highest BCUT2D eigenvalue weighted by Gasteiger charge is 2.29. The minimum atomic E-state index is 0.167. The zero-order valence-corrected chi connectivity index (χ0v) is 16.9. The second kappa shape index (κ2) is 8.33. The maximum absolute atomic E-state index is 5.64. The van der Waals surface area contributed by atoms with E-state index in [1.807, 2.05) is 0 Å². The van der Waals surface area contributed by atoms with E-state index in [4.69, 9.17) is 12.2 Å². The van der Waals surface area contributed by atoms with Crippen molar-refractivity contribution in [3.05, 3.63) is 28.8 Å². The van der Waals surface area contributed by atoms with Crippen molar-refractivity contribution in [1.82, 2.24) is 5.32 Å². The fourth-order valence-electron chi connectivity index (χ4n) is 3.85. The Morgan fingerprint density at radius 1 is 1.12 bits per heavy atom. The molecule has 0 bridgehead atoms. The van der Waals surface area contributed by atoms with Gasteiger partial charge in [0.25, 0.3) is 0 Å². The van der Waals surface area contributed by atoms with E-state index >= 15 is 0 Å². The first-order chi connectivity index (χ1) is 11.4. The molecule has 0 aliphatic heterocycles. The van der Waals surface area contributed by atoms with Crippen LogP contribution < -0.4 is 10.6 Å². The summed E-state index contributed by atoms with van der Waals surface area (Å²) in [5.74, 6) is 0.684. The second-order valence-corrected chi connectivity index (χ2v) is 8.35. The van der Waals surface area contributed by atoms with Gasteiger partial charge >= 0.3 is 0 Å². The molecule has 2 rings (SSSR count). The molecule has 0 heterocycles. The molecule has 0 saturated heterocycles. The molecule has 0 spiro atoms. The van der Waals surface area contributed by atoms with Crippen LogP contribution in [0.4, 0.5) is 5.69 Å². The maximum Gasteiger partial charge on any atom is 0.171 e. The number of aryl methyl sites for hydroxylation is 2. The fourth-order valence-corrected chi connectivity index (χ4v) is 4.19. The highest BCUT2D eigenvalue weighted by Crippen LogP contribution is 2.30. The van der Waals surface area contributed by atoms with E-state index in [9.17, 15) is 0 Å². The van der Waals surface area contributed by atoms with E-state index in [1.165, 1.54) is 48.1 Å². The second-order valence-electron chi connectivity index (χ2n) is 7.94. The maximum atomic E-state index is 5.64. The number of anilines is 1. The van der Waals surface area contributed by atoms with Gasteiger partial charge in [-0.05, 0) is 73.9 Å². The van der Waals surface area contributed by atoms with Crippen molar-refractivity contribution >= 4 is 23.0 Å². The molecule has 0 amide bonds. The van der Waals surface area contributed by atoms with E-state index in [2.05, 4.69) is 57.4 Å². The first-order valence-corrected chi connectivity index (χ1v) is 10.0. The van der Waals surface area contributed by atoms with E-state index in [1.54, 1.807) is 0 Å². The van der Waals surface area contributed by atoms with Crippen molar-refractivity contribution in [2.75, 3.05) is 5.32 Å². The summed E-state index contributed by atoms with van der Waals surface area (Å²) in [7, 11) is 0. The Bertz CT molecular complexity index is 546. The van der Waals surface area contributed by atoms with E-state index in [-0.39, 0.29) is 5.54 Å². The highest BCUT2D eigenvalue weighted by atomic mass is 32.1. The van der Waals surface area contributed by atoms with Gasteiger partial charge in [-0.15, -0.1) is 0 Å². The number of hydrogen-bond donors (Lipinski definition) is 2. The molecular weight excluding hydrogens is 312 g/mol. The summed E-state index contributed by atoms with van der Waals surface area (Å²) < 4.78 is 0. The van der Waals surface area contributed by atoms with Crippen LogP contribution in [0.5, 0.6) is 0 Å². The molecule has 1 aliphatic carbocycles. The van der Waals surface area contributed by atoms with Gasteiger partial charge < -0.3 is 10.6 Å². The number of rotatable bonds is 6. The van der Waals surface area contributed by atoms with Gasteiger partial charge in [0.2, 0.25) is 0 Å². The Hall–Kier alpha value is -1.09. The van der Waals surface area contributed by atoms with Gasteiger partial charge in [-0.25, -0.2) is 0 Å². The van der Waals surface area contributed by atoms with Crippen molar-refractivity contribution in [3.8, 4) is 0 Å². The van der Waals surface area contributed by atoms with Crippen LogP contribution >= 0.6 is 12.2 Å². The van der Waals surface area contributed by atoms with Crippen LogP contribution in [0.3, 0.4) is 0 Å². The Labute approximate surface area is 153 Å². The normalized spacial score (nSPS) is 16.4. The minimum absolute atomic E-state index is 0.167. The van der Waals surface area contributed by atoms with Crippen LogP contribution in [0.1, 0.15) is 77.0 Å². The van der Waals surface area contributed by atoms with Gasteiger partial charge in [0, 0.05) is 11.2 Å². The van der Waals surface area contributed by atoms with E-state index in [0.29, 0.717) is 5.92 Å². The molecule has 1 aliphatic rings. The van der Waals surface area contributed by atoms with Gasteiger partial charge in [0.1, 0.15) is 0 Å². The summed E-state index contributed by atoms with van der Waals surface area (Å²) in [6.45, 7) is 11.3. The van der Waals surface area contributed by atoms with Crippen LogP contribution in [0, 0.1) is 5.92 Å². The smallest absolute Gasteiger partial charge is 0.171 e. The predicted molar refractivity (Wildman–Crippen MR) is 110 cm³/mol. The monoisotopic (exact) mass is 346 g/mol. The third-order valence-electron chi connectivity index (χ3n) is 5.13. The van der Waals surface area contributed by atoms with Crippen molar-refractivity contribution in [2.24, 2.45) is 5.92 Å². The van der Waals surface area contributed by atoms with Crippen LogP contribution in [0.25, 0.3) is 0 Å². The molecule has 134 valence electrons. The molecule has 1 aromatic rings. The molecule has 0 atom stereocenters. The summed E-state index contributed by atoms with van der Waals surface area (Å²) >= 11 is 5.64. The van der Waals surface area contributed by atoms with Gasteiger partial charge in [-0.1, -0.05) is 52.7 Å². The van der Waals surface area contributed by atoms with Crippen molar-refractivity contribution in [3.63, 3.8) is 0 Å². The summed E-state index contributed by atoms with van der Waals surface area (Å²) in [5.41, 5.74) is 5.61. The molecule has 3 heteroatoms. The molecule has 2 nitrogen and oxygen atoms in total. The Morgan fingerprint density at radius 2 is 1.67 bits per heavy atom. The zero-order chi connectivity index (χ0) is 17.7. The third kappa shape index (κ3) is 4.95. The number of hydrogen-bond acceptors (Lipinski definition) is 1. The molecule has 0 unspecified atom stereocenters. The van der Waals surface area contributed by atoms with Crippen molar-refractivity contribution in [2.45, 2.75) is 85.1 Å². The van der Waals surface area contributed by atoms with E-state index < -0.39 is 0 Å². The molecular formula is C21H34N2S. The van der Waals surface area contributed by atoms with Gasteiger partial charge in [0.15, 0.2) is 5.11 Å². The fraction of sp³-hybridized carbons (Fsp3) is 0.667. The quantitative estimate of drug-likeness (QED) is 0.653. The molecule has 2 N–H and O–H groups in total. The van der Waals surface area contributed by atoms with Crippen molar-refractivity contribution in [1.29, 1.82) is 0 Å². The predicted octanol–water partition coefficient (Wildman–Crippen LogP) is 5.63. The average molecular weight is 347 g/mol. The Morgan fingerprint density at radius 3 is 2.12 bits per heavy atom. The summed E-state index contributed by atoms with van der Waals surface area (Å²) in [6, 6.07) is 4.72. The molecule has 24 heavy (non-hydrogen) atoms. The molecule has 1 aromatic carbocycles. The topological polar surface area (TPSA) is 24.1 Å². The Kier molecular flexibility index (Phi) is 6.68. The zero-order valence-electron chi connectivity index (χ0n) is 16.1. The largest absolute Gasteiger partial charge is 0.357 e.